The van der Waals surface area contributed by atoms with Gasteiger partial charge in [0.1, 0.15) is 5.82 Å². The van der Waals surface area contributed by atoms with Gasteiger partial charge < -0.3 is 9.88 Å². The molecule has 2 heterocycles. The fourth-order valence-electron chi connectivity index (χ4n) is 4.02. The van der Waals surface area contributed by atoms with Gasteiger partial charge in [-0.1, -0.05) is 13.8 Å². The second-order valence-electron chi connectivity index (χ2n) is 9.15. The van der Waals surface area contributed by atoms with Crippen molar-refractivity contribution in [3.05, 3.63) is 40.9 Å². The molecule has 2 aromatic rings. The molecule has 8 heteroatoms. The largest absolute Gasteiger partial charge is 0.378 e. The van der Waals surface area contributed by atoms with Crippen molar-refractivity contribution in [2.24, 2.45) is 11.8 Å². The summed E-state index contributed by atoms with van der Waals surface area (Å²) in [6.45, 7) is 12.3. The van der Waals surface area contributed by atoms with Gasteiger partial charge in [0.15, 0.2) is 0 Å². The van der Waals surface area contributed by atoms with Crippen LogP contribution in [0, 0.1) is 11.8 Å². The highest BCUT2D eigenvalue weighted by atomic mass is 79.9. The van der Waals surface area contributed by atoms with Gasteiger partial charge in [0.05, 0.1) is 11.4 Å². The van der Waals surface area contributed by atoms with Crippen LogP contribution in [0.3, 0.4) is 0 Å². The van der Waals surface area contributed by atoms with Crippen molar-refractivity contribution in [2.75, 3.05) is 18.4 Å². The van der Waals surface area contributed by atoms with E-state index in [-0.39, 0.29) is 5.54 Å². The van der Waals surface area contributed by atoms with Crippen LogP contribution < -0.4 is 5.32 Å². The lowest BCUT2D eigenvalue weighted by molar-refractivity contribution is 0.222. The fourth-order valence-corrected chi connectivity index (χ4v) is 6.74. The Balaban J connectivity index is 1.76. The summed E-state index contributed by atoms with van der Waals surface area (Å²) in [4.78, 5) is 4.76. The second kappa shape index (κ2) is 8.40. The van der Waals surface area contributed by atoms with Gasteiger partial charge >= 0.3 is 0 Å². The minimum Gasteiger partial charge on any atom is -0.378 e. The number of hydrogen-bond donors (Lipinski definition) is 1. The van der Waals surface area contributed by atoms with Crippen LogP contribution in [0.15, 0.2) is 40.0 Å². The first-order valence-corrected chi connectivity index (χ1v) is 12.3. The van der Waals surface area contributed by atoms with Crippen LogP contribution in [0.4, 0.5) is 5.69 Å². The van der Waals surface area contributed by atoms with Crippen molar-refractivity contribution in [3.8, 4) is 0 Å². The molecule has 1 aliphatic heterocycles. The molecule has 2 atom stereocenters. The van der Waals surface area contributed by atoms with E-state index in [1.165, 1.54) is 0 Å². The van der Waals surface area contributed by atoms with Crippen LogP contribution in [0.5, 0.6) is 0 Å². The van der Waals surface area contributed by atoms with Crippen LogP contribution in [0.25, 0.3) is 0 Å². The highest BCUT2D eigenvalue weighted by Gasteiger charge is 2.32. The minimum atomic E-state index is -3.52. The molecule has 0 bridgehead atoms. The zero-order valence-electron chi connectivity index (χ0n) is 17.8. The van der Waals surface area contributed by atoms with Gasteiger partial charge in [-0.15, -0.1) is 0 Å². The number of hydrogen-bond acceptors (Lipinski definition) is 4. The van der Waals surface area contributed by atoms with Crippen molar-refractivity contribution in [1.29, 1.82) is 0 Å². The third kappa shape index (κ3) is 5.03. The van der Waals surface area contributed by atoms with Crippen molar-refractivity contribution in [2.45, 2.75) is 58.0 Å². The van der Waals surface area contributed by atoms with E-state index < -0.39 is 10.0 Å². The van der Waals surface area contributed by atoms with Crippen LogP contribution in [-0.4, -0.2) is 35.4 Å². The molecule has 1 aromatic heterocycles. The molecule has 6 nitrogen and oxygen atoms in total. The van der Waals surface area contributed by atoms with Gasteiger partial charge in [-0.05, 0) is 73.2 Å². The first-order chi connectivity index (χ1) is 13.5. The Morgan fingerprint density at radius 1 is 1.21 bits per heavy atom. The highest BCUT2D eigenvalue weighted by molar-refractivity contribution is 9.10. The van der Waals surface area contributed by atoms with E-state index in [1.807, 2.05) is 18.3 Å². The molecule has 0 amide bonds. The lowest BCUT2D eigenvalue weighted by Gasteiger charge is -2.34. The van der Waals surface area contributed by atoms with Gasteiger partial charge in [-0.2, -0.15) is 4.31 Å². The molecule has 160 valence electrons. The second-order valence-corrected chi connectivity index (χ2v) is 11.9. The number of anilines is 1. The normalized spacial score (nSPS) is 21.3. The first-order valence-electron chi connectivity index (χ1n) is 10.0. The zero-order chi connectivity index (χ0) is 21.4. The lowest BCUT2D eigenvalue weighted by Crippen LogP contribution is -2.42. The molecule has 29 heavy (non-hydrogen) atoms. The molecule has 0 spiro atoms. The van der Waals surface area contributed by atoms with Crippen LogP contribution >= 0.6 is 15.9 Å². The number of halogens is 1. The van der Waals surface area contributed by atoms with Gasteiger partial charge in [-0.25, -0.2) is 13.4 Å². The Bertz CT molecular complexity index is 955. The molecule has 1 fully saturated rings. The minimum absolute atomic E-state index is 0.0469. The molecule has 1 N–H and O–H groups in total. The summed E-state index contributed by atoms with van der Waals surface area (Å²) in [5.41, 5.74) is 0.800. The molecule has 0 aliphatic carbocycles. The molecule has 0 radical (unpaired) electrons. The molecule has 1 aliphatic rings. The number of sulfonamides is 1. The number of rotatable bonds is 5. The quantitative estimate of drug-likeness (QED) is 0.671. The van der Waals surface area contributed by atoms with E-state index >= 15 is 0 Å². The maximum Gasteiger partial charge on any atom is 0.244 e. The van der Waals surface area contributed by atoms with Gasteiger partial charge in [-0.3, -0.25) is 0 Å². The Morgan fingerprint density at radius 2 is 1.86 bits per heavy atom. The fraction of sp³-hybridized carbons (Fsp3) is 0.571. The topological polar surface area (TPSA) is 67.2 Å². The molecular weight excluding hydrogens is 452 g/mol. The third-order valence-corrected chi connectivity index (χ3v) is 8.08. The van der Waals surface area contributed by atoms with Crippen molar-refractivity contribution >= 4 is 31.6 Å². The first kappa shape index (κ1) is 22.3. The van der Waals surface area contributed by atoms with E-state index in [0.29, 0.717) is 40.8 Å². The maximum absolute atomic E-state index is 13.2. The number of benzene rings is 1. The van der Waals surface area contributed by atoms with Gasteiger partial charge in [0.2, 0.25) is 10.0 Å². The summed E-state index contributed by atoms with van der Waals surface area (Å²) in [5.74, 6) is 1.68. The standard InChI is InChI=1S/C21H31BrN4O2S/c1-15-10-16(2)14-25(13-15)29(27,28)19-7-6-17(11-18(19)22)24-12-20-23-8-9-26(20)21(3,4)5/h6-9,11,15-16,24H,10,12-14H2,1-5H3/t15-,16+. The Kier molecular flexibility index (Phi) is 6.46. The van der Waals surface area contributed by atoms with Crippen molar-refractivity contribution in [1.82, 2.24) is 13.9 Å². The number of nitrogens with one attached hydrogen (secondary N) is 1. The highest BCUT2D eigenvalue weighted by Crippen LogP contribution is 2.32. The average molecular weight is 483 g/mol. The Labute approximate surface area is 182 Å². The SMILES string of the molecule is C[C@@H]1C[C@H](C)CN(S(=O)(=O)c2ccc(NCc3nccn3C(C)(C)C)cc2Br)C1. The summed E-state index contributed by atoms with van der Waals surface area (Å²) in [5, 5.41) is 3.35. The monoisotopic (exact) mass is 482 g/mol. The van der Waals surface area contributed by atoms with Crippen molar-refractivity contribution in [3.63, 3.8) is 0 Å². The summed E-state index contributed by atoms with van der Waals surface area (Å²) in [6.07, 6.45) is 4.85. The molecule has 0 saturated carbocycles. The van der Waals surface area contributed by atoms with Crippen molar-refractivity contribution < 1.29 is 8.42 Å². The third-order valence-electron chi connectivity index (χ3n) is 5.28. The lowest BCUT2D eigenvalue weighted by atomic mass is 9.94. The maximum atomic E-state index is 13.2. The molecule has 1 saturated heterocycles. The van der Waals surface area contributed by atoms with Gasteiger partial charge in [0, 0.05) is 41.2 Å². The summed E-state index contributed by atoms with van der Waals surface area (Å²) in [6, 6.07) is 5.33. The van der Waals surface area contributed by atoms with E-state index in [2.05, 4.69) is 65.4 Å². The molecular formula is C21H31BrN4O2S. The van der Waals surface area contributed by atoms with Crippen LogP contribution in [0.1, 0.15) is 46.9 Å². The predicted molar refractivity (Wildman–Crippen MR) is 120 cm³/mol. The molecule has 3 rings (SSSR count). The number of imidazole rings is 1. The average Bonchev–Trinajstić information content (AvgIpc) is 3.08. The van der Waals surface area contributed by atoms with Gasteiger partial charge in [0.25, 0.3) is 0 Å². The summed E-state index contributed by atoms with van der Waals surface area (Å²) in [7, 11) is -3.52. The summed E-state index contributed by atoms with van der Waals surface area (Å²) >= 11 is 3.48. The van der Waals surface area contributed by atoms with E-state index in [0.717, 1.165) is 17.9 Å². The number of aromatic nitrogens is 2. The summed E-state index contributed by atoms with van der Waals surface area (Å²) < 4.78 is 30.7. The zero-order valence-corrected chi connectivity index (χ0v) is 20.2. The Hall–Kier alpha value is -1.38. The Morgan fingerprint density at radius 3 is 2.45 bits per heavy atom. The van der Waals surface area contributed by atoms with E-state index in [1.54, 1.807) is 16.6 Å². The number of nitrogens with zero attached hydrogens (tertiary/aromatic N) is 3. The molecule has 0 unspecified atom stereocenters. The predicted octanol–water partition coefficient (Wildman–Crippen LogP) is 4.68. The van der Waals surface area contributed by atoms with Crippen LogP contribution in [0.2, 0.25) is 0 Å². The van der Waals surface area contributed by atoms with E-state index in [9.17, 15) is 8.42 Å². The number of piperidine rings is 1. The van der Waals surface area contributed by atoms with Crippen LogP contribution in [-0.2, 0) is 22.1 Å². The molecule has 1 aromatic carbocycles. The smallest absolute Gasteiger partial charge is 0.244 e. The van der Waals surface area contributed by atoms with E-state index in [4.69, 9.17) is 0 Å².